The smallest absolute Gasteiger partial charge is 0.320 e. The van der Waals surface area contributed by atoms with Gasteiger partial charge in [0.1, 0.15) is 6.04 Å². The molecule has 1 aromatic rings. The first-order valence-electron chi connectivity index (χ1n) is 8.51. The molecule has 0 radical (unpaired) electrons. The number of hydrogen-bond donors (Lipinski definition) is 2. The molecule has 3 rings (SSSR count). The van der Waals surface area contributed by atoms with Gasteiger partial charge in [0, 0.05) is 16.8 Å². The Morgan fingerprint density at radius 2 is 2.08 bits per heavy atom. The summed E-state index contributed by atoms with van der Waals surface area (Å²) in [5, 5.41) is 13.0. The van der Waals surface area contributed by atoms with Gasteiger partial charge in [-0.3, -0.25) is 14.5 Å². The predicted molar refractivity (Wildman–Crippen MR) is 93.3 cm³/mol. The number of carboxylic acid groups (broad SMARTS) is 1. The number of likely N-dealkylation sites (tertiary alicyclic amines) is 1. The van der Waals surface area contributed by atoms with Crippen LogP contribution in [0.4, 0.5) is 5.69 Å². The maximum Gasteiger partial charge on any atom is 0.320 e. The third-order valence-corrected chi connectivity index (χ3v) is 5.78. The quantitative estimate of drug-likeness (QED) is 0.874. The minimum Gasteiger partial charge on any atom is -0.480 e. The molecular weight excluding hydrogens is 328 g/mol. The van der Waals surface area contributed by atoms with Crippen LogP contribution in [0.25, 0.3) is 0 Å². The van der Waals surface area contributed by atoms with Crippen LogP contribution in [0.15, 0.2) is 18.2 Å². The fraction of sp³-hybridized carbons (Fsp3) is 0.556. The summed E-state index contributed by atoms with van der Waals surface area (Å²) in [5.41, 5.74) is 1.50. The van der Waals surface area contributed by atoms with Crippen LogP contribution >= 0.6 is 11.6 Å². The van der Waals surface area contributed by atoms with Crippen LogP contribution < -0.4 is 5.32 Å². The third-order valence-electron chi connectivity index (χ3n) is 5.37. The van der Waals surface area contributed by atoms with Crippen LogP contribution in [0.3, 0.4) is 0 Å². The van der Waals surface area contributed by atoms with E-state index < -0.39 is 12.0 Å². The van der Waals surface area contributed by atoms with Crippen LogP contribution in [0.2, 0.25) is 5.02 Å². The summed E-state index contributed by atoms with van der Waals surface area (Å²) >= 11 is 6.08. The maximum atomic E-state index is 12.5. The number of aliphatic carboxylic acids is 1. The van der Waals surface area contributed by atoms with Gasteiger partial charge in [-0.15, -0.1) is 0 Å². The Morgan fingerprint density at radius 1 is 1.33 bits per heavy atom. The normalized spacial score (nSPS) is 26.8. The lowest BCUT2D eigenvalue weighted by molar-refractivity contribution is -0.143. The zero-order valence-electron chi connectivity index (χ0n) is 13.8. The van der Waals surface area contributed by atoms with Crippen molar-refractivity contribution < 1.29 is 14.7 Å². The Labute approximate surface area is 147 Å². The number of carbonyl (C=O) groups is 2. The molecule has 0 spiro atoms. The summed E-state index contributed by atoms with van der Waals surface area (Å²) in [6.07, 6.45) is 4.98. The summed E-state index contributed by atoms with van der Waals surface area (Å²) in [6.45, 7) is 1.97. The molecule has 1 saturated heterocycles. The van der Waals surface area contributed by atoms with Crippen molar-refractivity contribution in [3.05, 3.63) is 28.8 Å². The number of halogens is 1. The molecule has 3 atom stereocenters. The molecule has 1 heterocycles. The van der Waals surface area contributed by atoms with E-state index in [1.54, 1.807) is 18.2 Å². The van der Waals surface area contributed by atoms with Gasteiger partial charge in [-0.05, 0) is 49.8 Å². The number of amides is 1. The molecule has 1 aliphatic carbocycles. The number of nitrogens with one attached hydrogen (secondary N) is 1. The summed E-state index contributed by atoms with van der Waals surface area (Å²) in [7, 11) is 0. The van der Waals surface area contributed by atoms with Crippen molar-refractivity contribution in [3.8, 4) is 0 Å². The molecule has 1 saturated carbocycles. The number of nitrogens with zero attached hydrogens (tertiary/aromatic N) is 1. The van der Waals surface area contributed by atoms with Gasteiger partial charge in [0.05, 0.1) is 6.54 Å². The van der Waals surface area contributed by atoms with E-state index >= 15 is 0 Å². The van der Waals surface area contributed by atoms with Crippen molar-refractivity contribution in [2.24, 2.45) is 5.92 Å². The molecule has 24 heavy (non-hydrogen) atoms. The fourth-order valence-corrected chi connectivity index (χ4v) is 4.30. The lowest BCUT2D eigenvalue weighted by Crippen LogP contribution is -2.46. The molecule has 0 aromatic heterocycles. The van der Waals surface area contributed by atoms with Crippen molar-refractivity contribution in [2.45, 2.75) is 51.1 Å². The molecule has 6 heteroatoms. The first kappa shape index (κ1) is 17.2. The third kappa shape index (κ3) is 3.42. The number of carbonyl (C=O) groups excluding carboxylic acids is 1. The highest BCUT2D eigenvalue weighted by atomic mass is 35.5. The van der Waals surface area contributed by atoms with Crippen molar-refractivity contribution in [1.82, 2.24) is 4.90 Å². The van der Waals surface area contributed by atoms with E-state index in [1.807, 2.05) is 11.8 Å². The van der Waals surface area contributed by atoms with E-state index in [4.69, 9.17) is 11.6 Å². The van der Waals surface area contributed by atoms with Gasteiger partial charge >= 0.3 is 5.97 Å². The molecule has 130 valence electrons. The average molecular weight is 351 g/mol. The topological polar surface area (TPSA) is 69.6 Å². The Hall–Kier alpha value is -1.59. The summed E-state index contributed by atoms with van der Waals surface area (Å²) in [4.78, 5) is 26.0. The molecule has 2 fully saturated rings. The minimum atomic E-state index is -0.823. The number of fused-ring (bicyclic) bond motifs is 1. The van der Waals surface area contributed by atoms with Gasteiger partial charge < -0.3 is 10.4 Å². The van der Waals surface area contributed by atoms with Crippen LogP contribution in [0.1, 0.15) is 37.7 Å². The summed E-state index contributed by atoms with van der Waals surface area (Å²) in [5.74, 6) is -0.602. The second kappa shape index (κ2) is 7.11. The molecule has 1 aromatic carbocycles. The minimum absolute atomic E-state index is 0.115. The molecule has 5 nitrogen and oxygen atoms in total. The first-order valence-corrected chi connectivity index (χ1v) is 8.88. The second-order valence-corrected chi connectivity index (χ2v) is 7.24. The second-order valence-electron chi connectivity index (χ2n) is 6.83. The van der Waals surface area contributed by atoms with Crippen LogP contribution in [-0.2, 0) is 9.59 Å². The summed E-state index contributed by atoms with van der Waals surface area (Å²) in [6, 6.07) is 5.04. The van der Waals surface area contributed by atoms with Crippen LogP contribution in [0.5, 0.6) is 0 Å². The van der Waals surface area contributed by atoms with Gasteiger partial charge in [-0.2, -0.15) is 0 Å². The van der Waals surface area contributed by atoms with Crippen molar-refractivity contribution in [3.63, 3.8) is 0 Å². The van der Waals surface area contributed by atoms with E-state index in [9.17, 15) is 14.7 Å². The number of rotatable bonds is 4. The van der Waals surface area contributed by atoms with E-state index in [2.05, 4.69) is 5.32 Å². The monoisotopic (exact) mass is 350 g/mol. The fourth-order valence-electron chi connectivity index (χ4n) is 4.12. The predicted octanol–water partition coefficient (Wildman–Crippen LogP) is 3.30. The summed E-state index contributed by atoms with van der Waals surface area (Å²) < 4.78 is 0. The highest BCUT2D eigenvalue weighted by molar-refractivity contribution is 6.31. The zero-order chi connectivity index (χ0) is 17.3. The lowest BCUT2D eigenvalue weighted by atomic mass is 9.85. The lowest BCUT2D eigenvalue weighted by Gasteiger charge is -2.32. The Balaban J connectivity index is 1.71. The molecule has 2 N–H and O–H groups in total. The van der Waals surface area contributed by atoms with Crippen molar-refractivity contribution in [1.29, 1.82) is 0 Å². The molecular formula is C18H23ClN2O3. The SMILES string of the molecule is Cc1c(Cl)cccc1NC(=O)CN1C(C(=O)O)CC2CCCCC21. The highest BCUT2D eigenvalue weighted by Gasteiger charge is 2.45. The number of anilines is 1. The standard InChI is InChI=1S/C18H23ClN2O3/c1-11-13(19)6-4-7-14(11)20-17(22)10-21-15-8-3-2-5-12(15)9-16(21)18(23)24/h4,6-7,12,15-16H,2-3,5,8-10H2,1H3,(H,20,22)(H,23,24). The zero-order valence-corrected chi connectivity index (χ0v) is 14.6. The van der Waals surface area contributed by atoms with Crippen LogP contribution in [-0.4, -0.2) is 40.5 Å². The molecule has 3 unspecified atom stereocenters. The van der Waals surface area contributed by atoms with Gasteiger partial charge in [0.2, 0.25) is 5.91 Å². The Bertz CT molecular complexity index is 649. The number of carboxylic acids is 1. The van der Waals surface area contributed by atoms with E-state index in [1.165, 1.54) is 0 Å². The number of benzene rings is 1. The maximum absolute atomic E-state index is 12.5. The average Bonchev–Trinajstić information content (AvgIpc) is 2.91. The molecule has 1 aliphatic heterocycles. The molecule has 0 bridgehead atoms. The largest absolute Gasteiger partial charge is 0.480 e. The van der Waals surface area contributed by atoms with Crippen LogP contribution in [0, 0.1) is 12.8 Å². The Morgan fingerprint density at radius 3 is 2.83 bits per heavy atom. The number of hydrogen-bond acceptors (Lipinski definition) is 3. The van der Waals surface area contributed by atoms with Gasteiger partial charge in [-0.25, -0.2) is 0 Å². The van der Waals surface area contributed by atoms with E-state index in [-0.39, 0.29) is 18.5 Å². The highest BCUT2D eigenvalue weighted by Crippen LogP contribution is 2.39. The first-order chi connectivity index (χ1) is 11.5. The van der Waals surface area contributed by atoms with E-state index in [0.717, 1.165) is 31.2 Å². The van der Waals surface area contributed by atoms with Gasteiger partial charge in [-0.1, -0.05) is 30.5 Å². The van der Waals surface area contributed by atoms with E-state index in [0.29, 0.717) is 23.0 Å². The van der Waals surface area contributed by atoms with Gasteiger partial charge in [0.25, 0.3) is 0 Å². The van der Waals surface area contributed by atoms with Gasteiger partial charge in [0.15, 0.2) is 0 Å². The molecule has 2 aliphatic rings. The molecule has 1 amide bonds. The van der Waals surface area contributed by atoms with Crippen molar-refractivity contribution in [2.75, 3.05) is 11.9 Å². The Kier molecular flexibility index (Phi) is 5.11. The van der Waals surface area contributed by atoms with Crippen molar-refractivity contribution >= 4 is 29.2 Å².